The summed E-state index contributed by atoms with van der Waals surface area (Å²) in [6.07, 6.45) is 1.86. The molecular formula is C15H14N2O2. The first-order chi connectivity index (χ1) is 9.33. The van der Waals surface area contributed by atoms with Gasteiger partial charge in [0.2, 0.25) is 0 Å². The van der Waals surface area contributed by atoms with E-state index in [9.17, 15) is 5.11 Å². The summed E-state index contributed by atoms with van der Waals surface area (Å²) in [5.41, 5.74) is 1.11. The van der Waals surface area contributed by atoms with Crippen LogP contribution in [0.2, 0.25) is 0 Å². The third-order valence-corrected chi connectivity index (χ3v) is 2.96. The SMILES string of the molecule is Oc1ccc(OCCn2ncc3ccccc32)cc1. The molecule has 0 amide bonds. The highest BCUT2D eigenvalue weighted by Gasteiger charge is 2.01. The van der Waals surface area contributed by atoms with Crippen LogP contribution >= 0.6 is 0 Å². The zero-order valence-corrected chi connectivity index (χ0v) is 10.4. The Morgan fingerprint density at radius 3 is 2.68 bits per heavy atom. The zero-order chi connectivity index (χ0) is 13.1. The fraction of sp³-hybridized carbons (Fsp3) is 0.133. The highest BCUT2D eigenvalue weighted by Crippen LogP contribution is 2.16. The van der Waals surface area contributed by atoms with Gasteiger partial charge in [-0.25, -0.2) is 0 Å². The van der Waals surface area contributed by atoms with Crippen LogP contribution in [-0.2, 0) is 6.54 Å². The van der Waals surface area contributed by atoms with Gasteiger partial charge in [0, 0.05) is 5.39 Å². The van der Waals surface area contributed by atoms with Crippen molar-refractivity contribution in [2.75, 3.05) is 6.61 Å². The lowest BCUT2D eigenvalue weighted by molar-refractivity contribution is 0.293. The number of rotatable bonds is 4. The molecule has 1 N–H and O–H groups in total. The number of hydrogen-bond acceptors (Lipinski definition) is 3. The lowest BCUT2D eigenvalue weighted by Gasteiger charge is -2.07. The number of fused-ring (bicyclic) bond motifs is 1. The summed E-state index contributed by atoms with van der Waals surface area (Å²) in [6.45, 7) is 1.23. The van der Waals surface area contributed by atoms with Gasteiger partial charge in [-0.05, 0) is 30.3 Å². The van der Waals surface area contributed by atoms with Crippen molar-refractivity contribution in [2.45, 2.75) is 6.54 Å². The minimum atomic E-state index is 0.241. The van der Waals surface area contributed by atoms with Gasteiger partial charge in [0.1, 0.15) is 18.1 Å². The largest absolute Gasteiger partial charge is 0.508 e. The molecule has 4 nitrogen and oxygen atoms in total. The fourth-order valence-electron chi connectivity index (χ4n) is 2.00. The van der Waals surface area contributed by atoms with Crippen molar-refractivity contribution in [2.24, 2.45) is 0 Å². The van der Waals surface area contributed by atoms with Crippen molar-refractivity contribution in [1.29, 1.82) is 0 Å². The summed E-state index contributed by atoms with van der Waals surface area (Å²) >= 11 is 0. The second-order valence-corrected chi connectivity index (χ2v) is 4.27. The number of hydrogen-bond donors (Lipinski definition) is 1. The number of phenols is 1. The van der Waals surface area contributed by atoms with Crippen LogP contribution in [0.3, 0.4) is 0 Å². The van der Waals surface area contributed by atoms with Gasteiger partial charge in [-0.3, -0.25) is 4.68 Å². The van der Waals surface area contributed by atoms with Gasteiger partial charge in [0.15, 0.2) is 0 Å². The molecule has 1 heterocycles. The molecule has 0 aliphatic heterocycles. The molecule has 0 atom stereocenters. The number of aromatic hydroxyl groups is 1. The van der Waals surface area contributed by atoms with E-state index >= 15 is 0 Å². The molecule has 0 aliphatic carbocycles. The van der Waals surface area contributed by atoms with Crippen molar-refractivity contribution in [3.8, 4) is 11.5 Å². The van der Waals surface area contributed by atoms with Crippen LogP contribution in [0.25, 0.3) is 10.9 Å². The van der Waals surface area contributed by atoms with E-state index < -0.39 is 0 Å². The van der Waals surface area contributed by atoms with E-state index in [0.29, 0.717) is 13.2 Å². The molecule has 0 bridgehead atoms. The van der Waals surface area contributed by atoms with Gasteiger partial charge < -0.3 is 9.84 Å². The Labute approximate surface area is 110 Å². The number of benzene rings is 2. The lowest BCUT2D eigenvalue weighted by atomic mass is 10.3. The zero-order valence-electron chi connectivity index (χ0n) is 10.4. The minimum Gasteiger partial charge on any atom is -0.508 e. The Kier molecular flexibility index (Phi) is 3.06. The molecule has 0 spiro atoms. The van der Waals surface area contributed by atoms with Crippen LogP contribution < -0.4 is 4.74 Å². The van der Waals surface area contributed by atoms with Crippen LogP contribution in [-0.4, -0.2) is 21.5 Å². The average Bonchev–Trinajstić information content (AvgIpc) is 2.85. The molecule has 0 fully saturated rings. The summed E-state index contributed by atoms with van der Waals surface area (Å²) in [6, 6.07) is 14.8. The van der Waals surface area contributed by atoms with Crippen LogP contribution in [0, 0.1) is 0 Å². The molecule has 0 radical (unpaired) electrons. The molecule has 3 aromatic rings. The molecular weight excluding hydrogens is 240 g/mol. The van der Waals surface area contributed by atoms with Crippen molar-refractivity contribution in [1.82, 2.24) is 9.78 Å². The monoisotopic (exact) mass is 254 g/mol. The van der Waals surface area contributed by atoms with E-state index in [4.69, 9.17) is 4.74 Å². The second-order valence-electron chi connectivity index (χ2n) is 4.27. The molecule has 2 aromatic carbocycles. The van der Waals surface area contributed by atoms with Crippen molar-refractivity contribution in [3.05, 3.63) is 54.7 Å². The van der Waals surface area contributed by atoms with Gasteiger partial charge in [-0.1, -0.05) is 18.2 Å². The lowest BCUT2D eigenvalue weighted by Crippen LogP contribution is -2.09. The van der Waals surface area contributed by atoms with Crippen molar-refractivity contribution >= 4 is 10.9 Å². The molecule has 96 valence electrons. The standard InChI is InChI=1S/C15H14N2O2/c18-13-5-7-14(8-6-13)19-10-9-17-15-4-2-1-3-12(15)11-16-17/h1-8,11,18H,9-10H2. The number of nitrogens with zero attached hydrogens (tertiary/aromatic N) is 2. The van der Waals surface area contributed by atoms with E-state index in [-0.39, 0.29) is 5.75 Å². The number of para-hydroxylation sites is 1. The highest BCUT2D eigenvalue weighted by molar-refractivity contribution is 5.78. The topological polar surface area (TPSA) is 47.3 Å². The highest BCUT2D eigenvalue weighted by atomic mass is 16.5. The molecule has 0 aliphatic rings. The van der Waals surface area contributed by atoms with Gasteiger partial charge >= 0.3 is 0 Å². The third-order valence-electron chi connectivity index (χ3n) is 2.96. The van der Waals surface area contributed by atoms with Gasteiger partial charge in [-0.15, -0.1) is 0 Å². The Hall–Kier alpha value is -2.49. The van der Waals surface area contributed by atoms with Crippen LogP contribution in [0.1, 0.15) is 0 Å². The van der Waals surface area contributed by atoms with Crippen LogP contribution in [0.15, 0.2) is 54.7 Å². The normalized spacial score (nSPS) is 10.7. The molecule has 0 saturated heterocycles. The minimum absolute atomic E-state index is 0.241. The molecule has 0 unspecified atom stereocenters. The van der Waals surface area contributed by atoms with Gasteiger partial charge in [0.05, 0.1) is 18.3 Å². The van der Waals surface area contributed by atoms with Crippen molar-refractivity contribution < 1.29 is 9.84 Å². The Balaban J connectivity index is 1.65. The number of aromatic nitrogens is 2. The first-order valence-electron chi connectivity index (χ1n) is 6.15. The Morgan fingerprint density at radius 1 is 1.05 bits per heavy atom. The van der Waals surface area contributed by atoms with Crippen LogP contribution in [0.4, 0.5) is 0 Å². The predicted octanol–water partition coefficient (Wildman–Crippen LogP) is 2.82. The smallest absolute Gasteiger partial charge is 0.119 e. The number of ether oxygens (including phenoxy) is 1. The Morgan fingerprint density at radius 2 is 1.84 bits per heavy atom. The quantitative estimate of drug-likeness (QED) is 0.778. The first kappa shape index (κ1) is 11.6. The fourth-order valence-corrected chi connectivity index (χ4v) is 2.00. The average molecular weight is 254 g/mol. The second kappa shape index (κ2) is 5.02. The summed E-state index contributed by atoms with van der Waals surface area (Å²) in [7, 11) is 0. The van der Waals surface area contributed by atoms with E-state index in [1.165, 1.54) is 0 Å². The van der Waals surface area contributed by atoms with E-state index in [2.05, 4.69) is 5.10 Å². The maximum absolute atomic E-state index is 9.18. The third kappa shape index (κ3) is 2.52. The number of phenolic OH excluding ortho intramolecular Hbond substituents is 1. The molecule has 19 heavy (non-hydrogen) atoms. The summed E-state index contributed by atoms with van der Waals surface area (Å²) in [4.78, 5) is 0. The first-order valence-corrected chi connectivity index (χ1v) is 6.15. The summed E-state index contributed by atoms with van der Waals surface area (Å²) in [5, 5.41) is 14.6. The maximum atomic E-state index is 9.18. The molecule has 4 heteroatoms. The van der Waals surface area contributed by atoms with Crippen molar-refractivity contribution in [3.63, 3.8) is 0 Å². The van der Waals surface area contributed by atoms with E-state index in [1.54, 1.807) is 24.3 Å². The van der Waals surface area contributed by atoms with E-state index in [1.807, 2.05) is 35.1 Å². The van der Waals surface area contributed by atoms with Gasteiger partial charge in [0.25, 0.3) is 0 Å². The molecule has 0 saturated carbocycles. The Bertz CT molecular complexity index is 674. The maximum Gasteiger partial charge on any atom is 0.119 e. The van der Waals surface area contributed by atoms with Gasteiger partial charge in [-0.2, -0.15) is 5.10 Å². The molecule has 3 rings (SSSR count). The van der Waals surface area contributed by atoms with E-state index in [0.717, 1.165) is 16.7 Å². The molecule has 1 aromatic heterocycles. The summed E-state index contributed by atoms with van der Waals surface area (Å²) < 4.78 is 7.54. The predicted molar refractivity (Wildman–Crippen MR) is 73.3 cm³/mol. The van der Waals surface area contributed by atoms with Crippen LogP contribution in [0.5, 0.6) is 11.5 Å². The summed E-state index contributed by atoms with van der Waals surface area (Å²) in [5.74, 6) is 0.986.